The molecule has 0 unspecified atom stereocenters. The zero-order valence-electron chi connectivity index (χ0n) is 17.6. The zero-order chi connectivity index (χ0) is 22.0. The Bertz CT molecular complexity index is 708. The van der Waals surface area contributed by atoms with Gasteiger partial charge in [0.15, 0.2) is 5.78 Å². The largest absolute Gasteiger partial charge is 0.480 e. The SMILES string of the molecule is CCOC(=O)[C@H](CC(=O)c1ccccc1)N[C@@H](CCCC(=O)C(C)(C)C)C(=O)O. The molecule has 160 valence electrons. The van der Waals surface area contributed by atoms with Gasteiger partial charge >= 0.3 is 11.9 Å². The molecule has 1 aromatic rings. The fourth-order valence-electron chi connectivity index (χ4n) is 2.74. The Morgan fingerprint density at radius 3 is 2.21 bits per heavy atom. The number of nitrogens with one attached hydrogen (secondary N) is 1. The number of aliphatic carboxylic acids is 1. The van der Waals surface area contributed by atoms with Crippen molar-refractivity contribution in [3.8, 4) is 0 Å². The lowest BCUT2D eigenvalue weighted by Gasteiger charge is -2.22. The summed E-state index contributed by atoms with van der Waals surface area (Å²) in [6.07, 6.45) is 0.560. The van der Waals surface area contributed by atoms with E-state index in [1.807, 2.05) is 20.8 Å². The molecule has 0 amide bonds. The first-order valence-corrected chi connectivity index (χ1v) is 9.83. The molecular weight excluding hydrogens is 374 g/mol. The number of carbonyl (C=O) groups is 4. The third kappa shape index (κ3) is 8.56. The van der Waals surface area contributed by atoms with E-state index in [4.69, 9.17) is 4.74 Å². The maximum Gasteiger partial charge on any atom is 0.323 e. The number of ketones is 2. The normalized spacial score (nSPS) is 13.4. The van der Waals surface area contributed by atoms with Crippen LogP contribution in [-0.2, 0) is 19.1 Å². The smallest absolute Gasteiger partial charge is 0.323 e. The molecule has 1 rings (SSSR count). The van der Waals surface area contributed by atoms with Crippen LogP contribution < -0.4 is 5.32 Å². The molecule has 0 spiro atoms. The Kier molecular flexibility index (Phi) is 9.68. The summed E-state index contributed by atoms with van der Waals surface area (Å²) in [4.78, 5) is 48.5. The molecule has 0 aromatic heterocycles. The van der Waals surface area contributed by atoms with Crippen molar-refractivity contribution in [3.05, 3.63) is 35.9 Å². The Hall–Kier alpha value is -2.54. The van der Waals surface area contributed by atoms with Crippen molar-refractivity contribution in [2.45, 2.75) is 65.5 Å². The van der Waals surface area contributed by atoms with E-state index in [1.54, 1.807) is 37.3 Å². The van der Waals surface area contributed by atoms with E-state index in [0.717, 1.165) is 0 Å². The Labute approximate surface area is 171 Å². The minimum absolute atomic E-state index is 0.0443. The number of Topliss-reactive ketones (excluding diaryl/α,β-unsaturated/α-hetero) is 2. The summed E-state index contributed by atoms with van der Waals surface area (Å²) < 4.78 is 5.01. The van der Waals surface area contributed by atoms with Gasteiger partial charge in [-0.3, -0.25) is 24.5 Å². The molecule has 0 radical (unpaired) electrons. The molecule has 7 nitrogen and oxygen atoms in total. The number of ether oxygens (including phenoxy) is 1. The molecule has 0 heterocycles. The molecule has 7 heteroatoms. The van der Waals surface area contributed by atoms with Gasteiger partial charge in [-0.1, -0.05) is 51.1 Å². The number of esters is 1. The average molecular weight is 405 g/mol. The molecule has 29 heavy (non-hydrogen) atoms. The molecule has 1 aromatic carbocycles. The number of benzene rings is 1. The van der Waals surface area contributed by atoms with Crippen LogP contribution in [0.25, 0.3) is 0 Å². The van der Waals surface area contributed by atoms with Crippen LogP contribution in [0.1, 0.15) is 63.7 Å². The van der Waals surface area contributed by atoms with Gasteiger partial charge in [0.1, 0.15) is 17.9 Å². The lowest BCUT2D eigenvalue weighted by atomic mass is 9.87. The molecule has 2 atom stereocenters. The van der Waals surface area contributed by atoms with E-state index >= 15 is 0 Å². The van der Waals surface area contributed by atoms with E-state index in [-0.39, 0.29) is 37.4 Å². The summed E-state index contributed by atoms with van der Waals surface area (Å²) in [6, 6.07) is 6.33. The van der Waals surface area contributed by atoms with E-state index in [1.165, 1.54) is 0 Å². The van der Waals surface area contributed by atoms with Gasteiger partial charge in [-0.2, -0.15) is 0 Å². The topological polar surface area (TPSA) is 110 Å². The van der Waals surface area contributed by atoms with E-state index in [2.05, 4.69) is 5.32 Å². The zero-order valence-corrected chi connectivity index (χ0v) is 17.6. The van der Waals surface area contributed by atoms with Gasteiger partial charge in [0.2, 0.25) is 0 Å². The van der Waals surface area contributed by atoms with Crippen LogP contribution >= 0.6 is 0 Å². The molecule has 0 saturated carbocycles. The third-order valence-corrected chi connectivity index (χ3v) is 4.49. The van der Waals surface area contributed by atoms with Gasteiger partial charge in [-0.05, 0) is 19.8 Å². The van der Waals surface area contributed by atoms with Crippen molar-refractivity contribution in [1.29, 1.82) is 0 Å². The Balaban J connectivity index is 2.82. The molecule has 0 aliphatic carbocycles. The van der Waals surface area contributed by atoms with E-state index in [0.29, 0.717) is 12.0 Å². The highest BCUT2D eigenvalue weighted by molar-refractivity contribution is 5.99. The van der Waals surface area contributed by atoms with Crippen LogP contribution in [0.5, 0.6) is 0 Å². The maximum atomic E-state index is 12.5. The highest BCUT2D eigenvalue weighted by atomic mass is 16.5. The minimum atomic E-state index is -1.14. The lowest BCUT2D eigenvalue weighted by molar-refractivity contribution is -0.147. The molecule has 0 aliphatic rings. The van der Waals surface area contributed by atoms with Crippen molar-refractivity contribution in [1.82, 2.24) is 5.32 Å². The second-order valence-corrected chi connectivity index (χ2v) is 7.92. The molecule has 0 aliphatic heterocycles. The van der Waals surface area contributed by atoms with Crippen LogP contribution in [-0.4, -0.2) is 47.3 Å². The molecule has 2 N–H and O–H groups in total. The molecular formula is C22H31NO6. The summed E-state index contributed by atoms with van der Waals surface area (Å²) in [5.74, 6) is -2.06. The first kappa shape index (κ1) is 24.5. The van der Waals surface area contributed by atoms with Crippen LogP contribution in [0, 0.1) is 5.41 Å². The lowest BCUT2D eigenvalue weighted by Crippen LogP contribution is -2.48. The predicted octanol–water partition coefficient (Wildman–Crippen LogP) is 3.02. The first-order chi connectivity index (χ1) is 13.6. The summed E-state index contributed by atoms with van der Waals surface area (Å²) in [5.41, 5.74) is -0.0481. The second kappa shape index (κ2) is 11.5. The van der Waals surface area contributed by atoms with Gasteiger partial charge < -0.3 is 9.84 Å². The van der Waals surface area contributed by atoms with Crippen LogP contribution in [0.4, 0.5) is 0 Å². The van der Waals surface area contributed by atoms with Crippen LogP contribution in [0.2, 0.25) is 0 Å². The quantitative estimate of drug-likeness (QED) is 0.406. The van der Waals surface area contributed by atoms with Crippen molar-refractivity contribution in [3.63, 3.8) is 0 Å². The fraction of sp³-hybridized carbons (Fsp3) is 0.545. The van der Waals surface area contributed by atoms with E-state index < -0.39 is 29.4 Å². The molecule has 0 saturated heterocycles. The van der Waals surface area contributed by atoms with Crippen LogP contribution in [0.15, 0.2) is 30.3 Å². The van der Waals surface area contributed by atoms with Crippen LogP contribution in [0.3, 0.4) is 0 Å². The van der Waals surface area contributed by atoms with Gasteiger partial charge in [0.05, 0.1) is 6.61 Å². The summed E-state index contributed by atoms with van der Waals surface area (Å²) >= 11 is 0. The minimum Gasteiger partial charge on any atom is -0.480 e. The first-order valence-electron chi connectivity index (χ1n) is 9.83. The fourth-order valence-corrected chi connectivity index (χ4v) is 2.74. The van der Waals surface area contributed by atoms with Gasteiger partial charge in [-0.25, -0.2) is 0 Å². The number of rotatable bonds is 12. The average Bonchev–Trinajstić information content (AvgIpc) is 2.66. The third-order valence-electron chi connectivity index (χ3n) is 4.49. The number of carboxylic acids is 1. The number of hydrogen-bond acceptors (Lipinski definition) is 6. The van der Waals surface area contributed by atoms with Crippen molar-refractivity contribution in [2.75, 3.05) is 6.61 Å². The summed E-state index contributed by atoms with van der Waals surface area (Å²) in [7, 11) is 0. The van der Waals surface area contributed by atoms with E-state index in [9.17, 15) is 24.3 Å². The predicted molar refractivity (Wildman–Crippen MR) is 109 cm³/mol. The molecule has 0 bridgehead atoms. The monoisotopic (exact) mass is 405 g/mol. The second-order valence-electron chi connectivity index (χ2n) is 7.92. The van der Waals surface area contributed by atoms with Crippen molar-refractivity contribution < 1.29 is 29.0 Å². The standard InChI is InChI=1S/C22H31NO6/c1-5-29-21(28)17(14-18(24)15-10-7-6-8-11-15)23-16(20(26)27)12-9-13-19(25)22(2,3)4/h6-8,10-11,16-17,23H,5,9,12-14H2,1-4H3,(H,26,27)/t16-,17-/m0/s1. The molecule has 0 fully saturated rings. The number of carboxylic acid groups (broad SMARTS) is 1. The highest BCUT2D eigenvalue weighted by Crippen LogP contribution is 2.19. The Morgan fingerprint density at radius 1 is 1.07 bits per heavy atom. The summed E-state index contributed by atoms with van der Waals surface area (Å²) in [6.45, 7) is 7.20. The maximum absolute atomic E-state index is 12.5. The number of hydrogen-bond donors (Lipinski definition) is 2. The summed E-state index contributed by atoms with van der Waals surface area (Å²) in [5, 5.41) is 12.3. The Morgan fingerprint density at radius 2 is 1.69 bits per heavy atom. The van der Waals surface area contributed by atoms with Crippen molar-refractivity contribution in [2.24, 2.45) is 5.41 Å². The van der Waals surface area contributed by atoms with Gasteiger partial charge in [-0.15, -0.1) is 0 Å². The number of carbonyl (C=O) groups excluding carboxylic acids is 3. The highest BCUT2D eigenvalue weighted by Gasteiger charge is 2.30. The van der Waals surface area contributed by atoms with Gasteiger partial charge in [0, 0.05) is 23.8 Å². The van der Waals surface area contributed by atoms with Crippen molar-refractivity contribution >= 4 is 23.5 Å². The van der Waals surface area contributed by atoms with Gasteiger partial charge in [0.25, 0.3) is 0 Å².